The van der Waals surface area contributed by atoms with Gasteiger partial charge in [0, 0.05) is 12.1 Å². The zero-order valence-electron chi connectivity index (χ0n) is 7.42. The van der Waals surface area contributed by atoms with Crippen molar-refractivity contribution in [2.24, 2.45) is 0 Å². The summed E-state index contributed by atoms with van der Waals surface area (Å²) in [5, 5.41) is 8.41. The van der Waals surface area contributed by atoms with Crippen LogP contribution < -0.4 is 10.5 Å². The first-order chi connectivity index (χ1) is 6.54. The van der Waals surface area contributed by atoms with E-state index in [0.29, 0.717) is 6.07 Å². The van der Waals surface area contributed by atoms with Crippen LogP contribution in [0, 0.1) is 23.0 Å². The highest BCUT2D eigenvalue weighted by Crippen LogP contribution is 2.23. The normalized spacial score (nSPS) is 11.9. The van der Waals surface area contributed by atoms with Gasteiger partial charge in [0.15, 0.2) is 17.7 Å². The third kappa shape index (κ3) is 2.10. The van der Waals surface area contributed by atoms with Gasteiger partial charge >= 0.3 is 0 Å². The van der Waals surface area contributed by atoms with E-state index in [1.54, 1.807) is 6.07 Å². The van der Waals surface area contributed by atoms with E-state index >= 15 is 0 Å². The van der Waals surface area contributed by atoms with Crippen LogP contribution >= 0.6 is 0 Å². The molecule has 0 aliphatic rings. The molecule has 0 aromatic heterocycles. The van der Waals surface area contributed by atoms with Crippen LogP contribution in [0.3, 0.4) is 0 Å². The molecule has 1 aromatic rings. The third-order valence-corrected chi connectivity index (χ3v) is 1.54. The molecule has 0 saturated carbocycles. The Morgan fingerprint density at radius 3 is 2.64 bits per heavy atom. The number of benzene rings is 1. The van der Waals surface area contributed by atoms with Crippen LogP contribution in [0.4, 0.5) is 14.5 Å². The molecule has 0 radical (unpaired) electrons. The average molecular weight is 198 g/mol. The predicted molar refractivity (Wildman–Crippen MR) is 46.5 cm³/mol. The van der Waals surface area contributed by atoms with Crippen molar-refractivity contribution in [2.75, 3.05) is 5.73 Å². The highest BCUT2D eigenvalue weighted by molar-refractivity contribution is 5.46. The highest BCUT2D eigenvalue weighted by Gasteiger charge is 2.11. The number of nitrogens with two attached hydrogens (primary N) is 1. The maximum atomic E-state index is 13.0. The molecule has 3 nitrogen and oxygen atoms in total. The Hall–Kier alpha value is -1.83. The molecule has 0 aliphatic heterocycles. The monoisotopic (exact) mass is 198 g/mol. The molecule has 1 rings (SSSR count). The minimum absolute atomic E-state index is 0.216. The maximum absolute atomic E-state index is 13.0. The molecule has 0 spiro atoms. The Bertz CT molecular complexity index is 387. The van der Waals surface area contributed by atoms with Gasteiger partial charge in [-0.1, -0.05) is 0 Å². The van der Waals surface area contributed by atoms with Gasteiger partial charge in [0.25, 0.3) is 0 Å². The Balaban J connectivity index is 2.99. The Labute approximate surface area is 79.7 Å². The summed E-state index contributed by atoms with van der Waals surface area (Å²) >= 11 is 0. The fourth-order valence-electron chi connectivity index (χ4n) is 0.852. The van der Waals surface area contributed by atoms with Gasteiger partial charge in [0.2, 0.25) is 0 Å². The highest BCUT2D eigenvalue weighted by atomic mass is 19.1. The molecule has 0 bridgehead atoms. The van der Waals surface area contributed by atoms with Crippen LogP contribution in [-0.4, -0.2) is 6.10 Å². The molecule has 1 atom stereocenters. The molecule has 0 heterocycles. The number of nitriles is 1. The van der Waals surface area contributed by atoms with Crippen molar-refractivity contribution in [2.45, 2.75) is 13.0 Å². The molecular weight excluding hydrogens is 190 g/mol. The quantitative estimate of drug-likeness (QED) is 0.737. The zero-order valence-corrected chi connectivity index (χ0v) is 7.42. The second-order valence-electron chi connectivity index (χ2n) is 2.69. The smallest absolute Gasteiger partial charge is 0.181 e. The van der Waals surface area contributed by atoms with Gasteiger partial charge in [-0.3, -0.25) is 0 Å². The van der Waals surface area contributed by atoms with Crippen LogP contribution in [0.5, 0.6) is 5.75 Å². The van der Waals surface area contributed by atoms with Crippen molar-refractivity contribution in [1.29, 1.82) is 5.26 Å². The van der Waals surface area contributed by atoms with E-state index in [9.17, 15) is 8.78 Å². The Morgan fingerprint density at radius 1 is 1.43 bits per heavy atom. The van der Waals surface area contributed by atoms with Gasteiger partial charge < -0.3 is 10.5 Å². The topological polar surface area (TPSA) is 59.0 Å². The second-order valence-corrected chi connectivity index (χ2v) is 2.69. The van der Waals surface area contributed by atoms with E-state index in [-0.39, 0.29) is 11.4 Å². The first-order valence-corrected chi connectivity index (χ1v) is 3.85. The van der Waals surface area contributed by atoms with Crippen LogP contribution in [-0.2, 0) is 0 Å². The fourth-order valence-corrected chi connectivity index (χ4v) is 0.852. The molecular formula is C9H8F2N2O. The number of hydrogen-bond acceptors (Lipinski definition) is 3. The fraction of sp³-hybridized carbons (Fsp3) is 0.222. The van der Waals surface area contributed by atoms with E-state index in [0.717, 1.165) is 6.07 Å². The number of nitrogen functional groups attached to an aromatic ring is 1. The van der Waals surface area contributed by atoms with Crippen molar-refractivity contribution in [3.63, 3.8) is 0 Å². The minimum Gasteiger partial charge on any atom is -0.473 e. The Morgan fingerprint density at radius 2 is 2.07 bits per heavy atom. The number of halogens is 2. The number of rotatable bonds is 2. The maximum Gasteiger partial charge on any atom is 0.181 e. The van der Waals surface area contributed by atoms with Crippen LogP contribution in [0.15, 0.2) is 12.1 Å². The molecule has 0 aliphatic carbocycles. The van der Waals surface area contributed by atoms with Crippen molar-refractivity contribution in [1.82, 2.24) is 0 Å². The number of ether oxygens (including phenoxy) is 1. The summed E-state index contributed by atoms with van der Waals surface area (Å²) in [6, 6.07) is 3.38. The van der Waals surface area contributed by atoms with E-state index in [1.807, 2.05) is 0 Å². The van der Waals surface area contributed by atoms with Gasteiger partial charge in [-0.2, -0.15) is 5.26 Å². The largest absolute Gasteiger partial charge is 0.473 e. The first kappa shape index (κ1) is 10.3. The predicted octanol–water partition coefficient (Wildman–Crippen LogP) is 1.84. The molecule has 14 heavy (non-hydrogen) atoms. The van der Waals surface area contributed by atoms with Gasteiger partial charge in [0.05, 0.1) is 5.69 Å². The summed E-state index contributed by atoms with van der Waals surface area (Å²) < 4.78 is 30.5. The molecule has 0 saturated heterocycles. The summed E-state index contributed by atoms with van der Waals surface area (Å²) in [6.45, 7) is 1.44. The number of nitrogens with zero attached hydrogens (tertiary/aromatic N) is 1. The van der Waals surface area contributed by atoms with Crippen molar-refractivity contribution < 1.29 is 13.5 Å². The van der Waals surface area contributed by atoms with Crippen LogP contribution in [0.2, 0.25) is 0 Å². The molecule has 74 valence electrons. The molecule has 1 unspecified atom stereocenters. The van der Waals surface area contributed by atoms with E-state index in [4.69, 9.17) is 15.7 Å². The van der Waals surface area contributed by atoms with Crippen molar-refractivity contribution >= 4 is 5.69 Å². The summed E-state index contributed by atoms with van der Waals surface area (Å²) in [5.74, 6) is -1.95. The second kappa shape index (κ2) is 3.92. The number of anilines is 1. The average Bonchev–Trinajstić information content (AvgIpc) is 2.14. The lowest BCUT2D eigenvalue weighted by molar-refractivity contribution is 0.262. The summed E-state index contributed by atoms with van der Waals surface area (Å²) in [7, 11) is 0. The molecule has 5 heteroatoms. The SMILES string of the molecule is CC(C#N)Oc1cc(N)c(F)cc1F. The minimum atomic E-state index is -0.876. The van der Waals surface area contributed by atoms with E-state index in [1.165, 1.54) is 6.92 Å². The van der Waals surface area contributed by atoms with Gasteiger partial charge in [-0.25, -0.2) is 8.78 Å². The number of hydrogen-bond donors (Lipinski definition) is 1. The van der Waals surface area contributed by atoms with E-state index in [2.05, 4.69) is 0 Å². The summed E-state index contributed by atoms with van der Waals surface area (Å²) in [5.41, 5.74) is 4.99. The molecule has 1 aromatic carbocycles. The van der Waals surface area contributed by atoms with Crippen molar-refractivity contribution in [3.8, 4) is 11.8 Å². The lowest BCUT2D eigenvalue weighted by Crippen LogP contribution is -2.10. The standard InChI is InChI=1S/C9H8F2N2O/c1-5(4-12)14-9-3-8(13)6(10)2-7(9)11/h2-3,5H,13H2,1H3. The van der Waals surface area contributed by atoms with Crippen molar-refractivity contribution in [3.05, 3.63) is 23.8 Å². The van der Waals surface area contributed by atoms with Crippen LogP contribution in [0.1, 0.15) is 6.92 Å². The Kier molecular flexibility index (Phi) is 2.87. The van der Waals surface area contributed by atoms with Gasteiger partial charge in [0.1, 0.15) is 11.9 Å². The molecule has 0 amide bonds. The summed E-state index contributed by atoms with van der Waals surface area (Å²) in [4.78, 5) is 0. The lowest BCUT2D eigenvalue weighted by atomic mass is 10.3. The summed E-state index contributed by atoms with van der Waals surface area (Å²) in [6.07, 6.45) is -0.811. The van der Waals surface area contributed by atoms with Gasteiger partial charge in [-0.15, -0.1) is 0 Å². The zero-order chi connectivity index (χ0) is 10.7. The molecule has 0 fully saturated rings. The first-order valence-electron chi connectivity index (χ1n) is 3.85. The van der Waals surface area contributed by atoms with E-state index < -0.39 is 17.7 Å². The van der Waals surface area contributed by atoms with Gasteiger partial charge in [-0.05, 0) is 6.92 Å². The van der Waals surface area contributed by atoms with Crippen LogP contribution in [0.25, 0.3) is 0 Å². The lowest BCUT2D eigenvalue weighted by Gasteiger charge is -2.09. The molecule has 2 N–H and O–H groups in total. The third-order valence-electron chi connectivity index (χ3n) is 1.54.